The Morgan fingerprint density at radius 1 is 1.08 bits per heavy atom. The molecule has 0 saturated carbocycles. The first kappa shape index (κ1) is 18.7. The minimum absolute atomic E-state index is 0.0221. The quantitative estimate of drug-likeness (QED) is 0.554. The van der Waals surface area contributed by atoms with Gasteiger partial charge >= 0.3 is 0 Å². The zero-order valence-electron chi connectivity index (χ0n) is 15.1. The number of carbonyl (C=O) groups is 1. The molecular formula is C21H21ClN2OS. The molecule has 1 aromatic heterocycles. The van der Waals surface area contributed by atoms with Gasteiger partial charge in [-0.05, 0) is 55.7 Å². The summed E-state index contributed by atoms with van der Waals surface area (Å²) in [5.41, 5.74) is 5.13. The van der Waals surface area contributed by atoms with Crippen LogP contribution < -0.4 is 5.32 Å². The Morgan fingerprint density at radius 2 is 1.88 bits per heavy atom. The minimum atomic E-state index is -0.0221. The molecule has 0 unspecified atom stereocenters. The molecule has 2 aromatic carbocycles. The molecule has 0 fully saturated rings. The maximum atomic E-state index is 12.1. The fourth-order valence-electron chi connectivity index (χ4n) is 2.75. The number of nitrogens with zero attached hydrogens (tertiary/aromatic N) is 1. The van der Waals surface area contributed by atoms with Gasteiger partial charge in [-0.25, -0.2) is 4.98 Å². The van der Waals surface area contributed by atoms with Gasteiger partial charge < -0.3 is 5.32 Å². The molecule has 0 aliphatic carbocycles. The molecule has 3 nitrogen and oxygen atoms in total. The number of pyridine rings is 1. The molecule has 0 bridgehead atoms. The van der Waals surface area contributed by atoms with Crippen LogP contribution in [0.3, 0.4) is 0 Å². The lowest BCUT2D eigenvalue weighted by molar-refractivity contribution is -0.115. The fourth-order valence-corrected chi connectivity index (χ4v) is 3.84. The summed E-state index contributed by atoms with van der Waals surface area (Å²) in [6.45, 7) is 6.11. The monoisotopic (exact) mass is 384 g/mol. The van der Waals surface area contributed by atoms with Crippen LogP contribution in [0.15, 0.2) is 47.5 Å². The highest BCUT2D eigenvalue weighted by atomic mass is 35.5. The van der Waals surface area contributed by atoms with E-state index in [0.717, 1.165) is 21.8 Å². The van der Waals surface area contributed by atoms with Gasteiger partial charge in [0.25, 0.3) is 0 Å². The van der Waals surface area contributed by atoms with E-state index in [2.05, 4.69) is 43.4 Å². The average molecular weight is 385 g/mol. The summed E-state index contributed by atoms with van der Waals surface area (Å²) in [5.74, 6) is 0.654. The summed E-state index contributed by atoms with van der Waals surface area (Å²) < 4.78 is 0. The van der Waals surface area contributed by atoms with Crippen molar-refractivity contribution in [2.75, 3.05) is 11.1 Å². The first-order valence-electron chi connectivity index (χ1n) is 8.50. The number of rotatable bonds is 5. The van der Waals surface area contributed by atoms with E-state index in [1.54, 1.807) is 17.8 Å². The summed E-state index contributed by atoms with van der Waals surface area (Å²) in [6.07, 6.45) is 0.419. The molecule has 0 aliphatic heterocycles. The van der Waals surface area contributed by atoms with E-state index in [1.165, 1.54) is 16.5 Å². The molecular weight excluding hydrogens is 364 g/mol. The number of benzene rings is 2. The van der Waals surface area contributed by atoms with Gasteiger partial charge in [0.2, 0.25) is 5.91 Å². The van der Waals surface area contributed by atoms with Crippen LogP contribution in [0.25, 0.3) is 10.9 Å². The van der Waals surface area contributed by atoms with Crippen molar-refractivity contribution in [1.82, 2.24) is 4.98 Å². The molecule has 5 heteroatoms. The summed E-state index contributed by atoms with van der Waals surface area (Å²) in [7, 11) is 0. The summed E-state index contributed by atoms with van der Waals surface area (Å²) >= 11 is 7.70. The molecule has 3 rings (SSSR count). The first-order valence-corrected chi connectivity index (χ1v) is 9.86. The number of halogens is 1. The van der Waals surface area contributed by atoms with E-state index in [9.17, 15) is 4.79 Å². The maximum Gasteiger partial charge on any atom is 0.225 e. The van der Waals surface area contributed by atoms with Gasteiger partial charge in [-0.1, -0.05) is 35.9 Å². The van der Waals surface area contributed by atoms with Gasteiger partial charge in [0, 0.05) is 28.3 Å². The van der Waals surface area contributed by atoms with Crippen molar-refractivity contribution < 1.29 is 4.79 Å². The molecule has 26 heavy (non-hydrogen) atoms. The highest BCUT2D eigenvalue weighted by molar-refractivity contribution is 7.99. The second-order valence-electron chi connectivity index (χ2n) is 6.36. The second kappa shape index (κ2) is 8.11. The van der Waals surface area contributed by atoms with Crippen LogP contribution in [0.5, 0.6) is 0 Å². The predicted octanol–water partition coefficient (Wildman–Crippen LogP) is 5.93. The van der Waals surface area contributed by atoms with Gasteiger partial charge in [-0.15, -0.1) is 11.8 Å². The van der Waals surface area contributed by atoms with Crippen molar-refractivity contribution in [3.05, 3.63) is 64.2 Å². The van der Waals surface area contributed by atoms with Crippen molar-refractivity contribution in [3.63, 3.8) is 0 Å². The Bertz CT molecular complexity index is 972. The van der Waals surface area contributed by atoms with Crippen molar-refractivity contribution in [3.8, 4) is 0 Å². The number of amides is 1. The van der Waals surface area contributed by atoms with E-state index < -0.39 is 0 Å². The molecule has 0 radical (unpaired) electrons. The number of hydrogen-bond acceptors (Lipinski definition) is 3. The molecule has 0 atom stereocenters. The number of aryl methyl sites for hydroxylation is 3. The smallest absolute Gasteiger partial charge is 0.225 e. The highest BCUT2D eigenvalue weighted by Crippen LogP contribution is 2.26. The number of nitrogens with one attached hydrogen (secondary N) is 1. The molecule has 3 aromatic rings. The first-order chi connectivity index (χ1) is 12.4. The lowest BCUT2D eigenvalue weighted by Gasteiger charge is -2.09. The number of para-hydroxylation sites is 1. The third kappa shape index (κ3) is 4.37. The van der Waals surface area contributed by atoms with Crippen LogP contribution in [-0.4, -0.2) is 16.6 Å². The van der Waals surface area contributed by atoms with Gasteiger partial charge in [0.15, 0.2) is 0 Å². The average Bonchev–Trinajstić information content (AvgIpc) is 2.59. The fraction of sp³-hybridized carbons (Fsp3) is 0.238. The van der Waals surface area contributed by atoms with Crippen LogP contribution in [0.1, 0.15) is 23.1 Å². The SMILES string of the molecule is Cc1ccc(NC(=O)CCSc2cc(C)c3cccc(C)c3n2)cc1Cl. The Labute approximate surface area is 163 Å². The number of thioether (sulfide) groups is 1. The number of carbonyl (C=O) groups excluding carboxylic acids is 1. The third-order valence-electron chi connectivity index (χ3n) is 4.26. The maximum absolute atomic E-state index is 12.1. The van der Waals surface area contributed by atoms with Crippen LogP contribution >= 0.6 is 23.4 Å². The van der Waals surface area contributed by atoms with Gasteiger partial charge in [-0.3, -0.25) is 4.79 Å². The molecule has 1 N–H and O–H groups in total. The molecule has 1 heterocycles. The zero-order chi connectivity index (χ0) is 18.7. The summed E-state index contributed by atoms with van der Waals surface area (Å²) in [5, 5.41) is 5.68. The molecule has 0 spiro atoms. The highest BCUT2D eigenvalue weighted by Gasteiger charge is 2.08. The summed E-state index contributed by atoms with van der Waals surface area (Å²) in [6, 6.07) is 13.9. The van der Waals surface area contributed by atoms with Crippen molar-refractivity contribution in [2.24, 2.45) is 0 Å². The van der Waals surface area contributed by atoms with Gasteiger partial charge in [0.1, 0.15) is 0 Å². The number of fused-ring (bicyclic) bond motifs is 1. The lowest BCUT2D eigenvalue weighted by atomic mass is 10.1. The minimum Gasteiger partial charge on any atom is -0.326 e. The number of aromatic nitrogens is 1. The molecule has 0 aliphatic rings. The standard InChI is InChI=1S/C21H21ClN2OS/c1-13-7-8-16(12-18(13)22)23-19(25)9-10-26-20-11-15(3)17-6-4-5-14(2)21(17)24-20/h4-8,11-12H,9-10H2,1-3H3,(H,23,25). The predicted molar refractivity (Wildman–Crippen MR) is 111 cm³/mol. The Balaban J connectivity index is 1.61. The van der Waals surface area contributed by atoms with Gasteiger partial charge in [0.05, 0.1) is 10.5 Å². The largest absolute Gasteiger partial charge is 0.326 e. The second-order valence-corrected chi connectivity index (χ2v) is 7.88. The molecule has 0 saturated heterocycles. The summed E-state index contributed by atoms with van der Waals surface area (Å²) in [4.78, 5) is 16.9. The van der Waals surface area contributed by atoms with E-state index in [-0.39, 0.29) is 5.91 Å². The van der Waals surface area contributed by atoms with Crippen LogP contribution in [0.4, 0.5) is 5.69 Å². The Kier molecular flexibility index (Phi) is 5.84. The third-order valence-corrected chi connectivity index (χ3v) is 5.58. The van der Waals surface area contributed by atoms with E-state index >= 15 is 0 Å². The van der Waals surface area contributed by atoms with E-state index in [4.69, 9.17) is 16.6 Å². The van der Waals surface area contributed by atoms with Crippen LogP contribution in [0, 0.1) is 20.8 Å². The van der Waals surface area contributed by atoms with E-state index in [0.29, 0.717) is 17.2 Å². The van der Waals surface area contributed by atoms with Crippen LogP contribution in [-0.2, 0) is 4.79 Å². The molecule has 1 amide bonds. The van der Waals surface area contributed by atoms with Crippen LogP contribution in [0.2, 0.25) is 5.02 Å². The van der Waals surface area contributed by atoms with Crippen molar-refractivity contribution in [2.45, 2.75) is 32.2 Å². The van der Waals surface area contributed by atoms with Crippen molar-refractivity contribution in [1.29, 1.82) is 0 Å². The van der Waals surface area contributed by atoms with E-state index in [1.807, 2.05) is 19.1 Å². The Morgan fingerprint density at radius 3 is 2.65 bits per heavy atom. The number of anilines is 1. The topological polar surface area (TPSA) is 42.0 Å². The van der Waals surface area contributed by atoms with Crippen molar-refractivity contribution >= 4 is 45.9 Å². The zero-order valence-corrected chi connectivity index (χ0v) is 16.7. The lowest BCUT2D eigenvalue weighted by Crippen LogP contribution is -2.12. The molecule has 134 valence electrons. The van der Waals surface area contributed by atoms with Gasteiger partial charge in [-0.2, -0.15) is 0 Å². The normalized spacial score (nSPS) is 10.9. The Hall–Kier alpha value is -2.04. The number of hydrogen-bond donors (Lipinski definition) is 1.